The molecule has 2 rings (SSSR count). The fourth-order valence-electron chi connectivity index (χ4n) is 3.55. The van der Waals surface area contributed by atoms with Crippen molar-refractivity contribution in [2.75, 3.05) is 13.1 Å². The van der Waals surface area contributed by atoms with Gasteiger partial charge in [0.2, 0.25) is 0 Å². The number of hydrogen-bond donors (Lipinski definition) is 1. The number of carbonyl (C=O) groups excluding carboxylic acids is 1. The van der Waals surface area contributed by atoms with Crippen molar-refractivity contribution >= 4 is 16.2 Å². The molecule has 1 heterocycles. The predicted octanol–water partition coefficient (Wildman–Crippen LogP) is 2.44. The summed E-state index contributed by atoms with van der Waals surface area (Å²) in [6, 6.07) is 0. The fraction of sp³-hybridized carbons (Fsp3) is 0.929. The summed E-state index contributed by atoms with van der Waals surface area (Å²) in [4.78, 5) is 13.6. The van der Waals surface area contributed by atoms with Gasteiger partial charge < -0.3 is 9.64 Å². The van der Waals surface area contributed by atoms with E-state index >= 15 is 0 Å². The molecule has 6 nitrogen and oxygen atoms in total. The van der Waals surface area contributed by atoms with E-state index in [1.807, 2.05) is 0 Å². The first-order valence-corrected chi connectivity index (χ1v) is 8.98. The van der Waals surface area contributed by atoms with Crippen LogP contribution in [0.5, 0.6) is 0 Å². The number of hydrogen-bond acceptors (Lipinski definition) is 4. The number of likely N-dealkylation sites (tertiary alicyclic amines) is 1. The molecule has 0 radical (unpaired) electrons. The highest BCUT2D eigenvalue weighted by atomic mass is 32.2. The van der Waals surface area contributed by atoms with Gasteiger partial charge in [-0.3, -0.25) is 4.55 Å². The Kier molecular flexibility index (Phi) is 4.28. The molecule has 1 N–H and O–H groups in total. The van der Waals surface area contributed by atoms with Gasteiger partial charge in [-0.2, -0.15) is 8.42 Å². The van der Waals surface area contributed by atoms with Crippen molar-refractivity contribution in [1.82, 2.24) is 4.90 Å². The standard InChI is InChI=1S/C14H25NO5S/c1-13(2,3)20-12(16)15-9-11(21(17,18)19)14(10-15)7-5-4-6-8-14/h11H,4-10H2,1-3H3,(H,17,18,19). The van der Waals surface area contributed by atoms with Gasteiger partial charge in [0, 0.05) is 18.5 Å². The zero-order chi connectivity index (χ0) is 15.9. The maximum Gasteiger partial charge on any atom is 0.410 e. The monoisotopic (exact) mass is 319 g/mol. The number of ether oxygens (including phenoxy) is 1. The molecule has 7 heteroatoms. The summed E-state index contributed by atoms with van der Waals surface area (Å²) in [5, 5.41) is -0.891. The molecule has 0 aromatic heterocycles. The topological polar surface area (TPSA) is 83.9 Å². The molecule has 0 bridgehead atoms. The number of carbonyl (C=O) groups is 1. The van der Waals surface area contributed by atoms with Gasteiger partial charge in [0.25, 0.3) is 10.1 Å². The molecule has 0 aromatic rings. The van der Waals surface area contributed by atoms with Crippen LogP contribution in [0.15, 0.2) is 0 Å². The third-order valence-corrected chi connectivity index (χ3v) is 5.80. The second kappa shape index (κ2) is 5.43. The molecule has 1 spiro atoms. The maximum atomic E-state index is 12.2. The van der Waals surface area contributed by atoms with Crippen LogP contribution in [0.3, 0.4) is 0 Å². The van der Waals surface area contributed by atoms with Crippen molar-refractivity contribution in [1.29, 1.82) is 0 Å². The van der Waals surface area contributed by atoms with Gasteiger partial charge in [-0.1, -0.05) is 19.3 Å². The quantitative estimate of drug-likeness (QED) is 0.750. The van der Waals surface area contributed by atoms with Crippen LogP contribution in [-0.2, 0) is 14.9 Å². The predicted molar refractivity (Wildman–Crippen MR) is 78.7 cm³/mol. The van der Waals surface area contributed by atoms with Crippen LogP contribution in [0.1, 0.15) is 52.9 Å². The summed E-state index contributed by atoms with van der Waals surface area (Å²) >= 11 is 0. The molecule has 1 unspecified atom stereocenters. The minimum Gasteiger partial charge on any atom is -0.444 e. The summed E-state index contributed by atoms with van der Waals surface area (Å²) < 4.78 is 38.4. The van der Waals surface area contributed by atoms with Crippen molar-refractivity contribution in [3.8, 4) is 0 Å². The molecular weight excluding hydrogens is 294 g/mol. The van der Waals surface area contributed by atoms with Crippen LogP contribution >= 0.6 is 0 Å². The highest BCUT2D eigenvalue weighted by Crippen LogP contribution is 2.46. The Balaban J connectivity index is 2.20. The zero-order valence-electron chi connectivity index (χ0n) is 13.0. The van der Waals surface area contributed by atoms with Gasteiger partial charge in [-0.05, 0) is 33.6 Å². The fourth-order valence-corrected chi connectivity index (χ4v) is 4.86. The summed E-state index contributed by atoms with van der Waals surface area (Å²) in [7, 11) is -4.17. The Hall–Kier alpha value is -0.820. The van der Waals surface area contributed by atoms with E-state index in [4.69, 9.17) is 4.74 Å². The molecule has 1 aliphatic heterocycles. The first-order chi connectivity index (χ1) is 9.54. The van der Waals surface area contributed by atoms with E-state index in [2.05, 4.69) is 0 Å². The Bertz CT molecular complexity index is 502. The number of rotatable bonds is 1. The lowest BCUT2D eigenvalue weighted by Gasteiger charge is -2.36. The van der Waals surface area contributed by atoms with E-state index in [0.29, 0.717) is 6.54 Å². The van der Waals surface area contributed by atoms with Crippen LogP contribution in [0.25, 0.3) is 0 Å². The van der Waals surface area contributed by atoms with E-state index in [-0.39, 0.29) is 6.54 Å². The Morgan fingerprint density at radius 2 is 1.81 bits per heavy atom. The molecule has 1 saturated carbocycles. The van der Waals surface area contributed by atoms with E-state index in [1.54, 1.807) is 20.8 Å². The van der Waals surface area contributed by atoms with E-state index in [9.17, 15) is 17.8 Å². The summed E-state index contributed by atoms with van der Waals surface area (Å²) in [5.74, 6) is 0. The minimum atomic E-state index is -4.17. The lowest BCUT2D eigenvalue weighted by atomic mass is 9.73. The van der Waals surface area contributed by atoms with Gasteiger partial charge in [0.1, 0.15) is 10.9 Å². The Morgan fingerprint density at radius 1 is 1.24 bits per heavy atom. The average molecular weight is 319 g/mol. The first-order valence-electron chi connectivity index (χ1n) is 7.48. The SMILES string of the molecule is CC(C)(C)OC(=O)N1CC(S(=O)(=O)O)C2(CCCCC2)C1. The van der Waals surface area contributed by atoms with Gasteiger partial charge >= 0.3 is 6.09 Å². The van der Waals surface area contributed by atoms with E-state index in [1.165, 1.54) is 4.90 Å². The normalized spacial score (nSPS) is 26.1. The third kappa shape index (κ3) is 3.69. The maximum absolute atomic E-state index is 12.2. The van der Waals surface area contributed by atoms with E-state index in [0.717, 1.165) is 32.1 Å². The Labute approximate surface area is 126 Å². The first kappa shape index (κ1) is 16.5. The molecule has 1 atom stereocenters. The molecule has 1 amide bonds. The number of nitrogens with zero attached hydrogens (tertiary/aromatic N) is 1. The van der Waals surface area contributed by atoms with Crippen LogP contribution in [0, 0.1) is 5.41 Å². The van der Waals surface area contributed by atoms with Crippen LogP contribution < -0.4 is 0 Å². The Morgan fingerprint density at radius 3 is 2.29 bits per heavy atom. The summed E-state index contributed by atoms with van der Waals surface area (Å²) in [6.45, 7) is 5.70. The van der Waals surface area contributed by atoms with Crippen LogP contribution in [-0.4, -0.2) is 47.9 Å². The molecule has 2 aliphatic rings. The molecule has 2 fully saturated rings. The highest BCUT2D eigenvalue weighted by molar-refractivity contribution is 7.86. The molecule has 21 heavy (non-hydrogen) atoms. The molecule has 0 aromatic carbocycles. The highest BCUT2D eigenvalue weighted by Gasteiger charge is 2.54. The molecule has 1 aliphatic carbocycles. The lowest BCUT2D eigenvalue weighted by molar-refractivity contribution is 0.0262. The zero-order valence-corrected chi connectivity index (χ0v) is 13.8. The molecular formula is C14H25NO5S. The van der Waals surface area contributed by atoms with Gasteiger partial charge in [-0.15, -0.1) is 0 Å². The summed E-state index contributed by atoms with van der Waals surface area (Å²) in [6.07, 6.45) is 3.92. The average Bonchev–Trinajstić information content (AvgIpc) is 2.67. The van der Waals surface area contributed by atoms with E-state index < -0.39 is 32.5 Å². The van der Waals surface area contributed by atoms with Crippen molar-refractivity contribution in [2.24, 2.45) is 5.41 Å². The molecule has 122 valence electrons. The summed E-state index contributed by atoms with van der Waals surface area (Å²) in [5.41, 5.74) is -1.13. The largest absolute Gasteiger partial charge is 0.444 e. The van der Waals surface area contributed by atoms with Crippen molar-refractivity contribution in [2.45, 2.75) is 63.7 Å². The second-order valence-corrected chi connectivity index (χ2v) is 8.89. The van der Waals surface area contributed by atoms with Crippen molar-refractivity contribution in [3.63, 3.8) is 0 Å². The molecule has 1 saturated heterocycles. The van der Waals surface area contributed by atoms with Gasteiger partial charge in [0.15, 0.2) is 0 Å². The van der Waals surface area contributed by atoms with Crippen molar-refractivity contribution < 1.29 is 22.5 Å². The van der Waals surface area contributed by atoms with Crippen LogP contribution in [0.2, 0.25) is 0 Å². The van der Waals surface area contributed by atoms with Crippen LogP contribution in [0.4, 0.5) is 4.79 Å². The minimum absolute atomic E-state index is 0.0216. The third-order valence-electron chi connectivity index (χ3n) is 4.44. The second-order valence-electron chi connectivity index (χ2n) is 7.29. The smallest absolute Gasteiger partial charge is 0.410 e. The van der Waals surface area contributed by atoms with Gasteiger partial charge in [0.05, 0.1) is 0 Å². The van der Waals surface area contributed by atoms with Crippen molar-refractivity contribution in [3.05, 3.63) is 0 Å². The lowest BCUT2D eigenvalue weighted by Crippen LogP contribution is -2.41. The van der Waals surface area contributed by atoms with Gasteiger partial charge in [-0.25, -0.2) is 4.79 Å². The number of amides is 1.